The molecule has 0 bridgehead atoms. The average Bonchev–Trinajstić information content (AvgIpc) is 2.45. The highest BCUT2D eigenvalue weighted by Crippen LogP contribution is 2.24. The van der Waals surface area contributed by atoms with Gasteiger partial charge in [0.2, 0.25) is 0 Å². The van der Waals surface area contributed by atoms with Crippen LogP contribution in [0.25, 0.3) is 0 Å². The Kier molecular flexibility index (Phi) is 6.83. The highest BCUT2D eigenvalue weighted by molar-refractivity contribution is 5.96. The maximum Gasteiger partial charge on any atom is 0.253 e. The van der Waals surface area contributed by atoms with E-state index in [1.807, 2.05) is 0 Å². The molecule has 1 aromatic rings. The predicted molar refractivity (Wildman–Crippen MR) is 77.9 cm³/mol. The lowest BCUT2D eigenvalue weighted by molar-refractivity contribution is -0.126. The second-order valence-electron chi connectivity index (χ2n) is 4.30. The molecular weight excluding hydrogens is 260 g/mol. The molecule has 0 saturated heterocycles. The molecule has 20 heavy (non-hydrogen) atoms. The summed E-state index contributed by atoms with van der Waals surface area (Å²) in [6.45, 7) is 2.78. The monoisotopic (exact) mass is 282 g/mol. The molecule has 0 heterocycles. The van der Waals surface area contributed by atoms with E-state index in [1.54, 1.807) is 39.3 Å². The number of nitrogens with two attached hydrogens (primary N) is 1. The first-order valence-corrected chi connectivity index (χ1v) is 6.43. The Morgan fingerprint density at radius 3 is 2.70 bits per heavy atom. The van der Waals surface area contributed by atoms with Crippen LogP contribution in [0.5, 0.6) is 5.75 Å². The van der Waals surface area contributed by atoms with Gasteiger partial charge in [0, 0.05) is 26.4 Å². The van der Waals surface area contributed by atoms with Crippen molar-refractivity contribution in [3.8, 4) is 5.75 Å². The Labute approximate surface area is 119 Å². The van der Waals surface area contributed by atoms with Gasteiger partial charge in [-0.15, -0.1) is 0 Å². The first kappa shape index (κ1) is 16.3. The fraction of sp³-hybridized carbons (Fsp3) is 0.500. The molecule has 112 valence electrons. The molecule has 1 rings (SSSR count). The van der Waals surface area contributed by atoms with Crippen LogP contribution >= 0.6 is 0 Å². The lowest BCUT2D eigenvalue weighted by atomic mass is 10.2. The molecule has 0 aliphatic carbocycles. The number of anilines is 2. The predicted octanol–water partition coefficient (Wildman–Crippen LogP) is 1.66. The second-order valence-corrected chi connectivity index (χ2v) is 4.30. The maximum atomic E-state index is 11.9. The van der Waals surface area contributed by atoms with Crippen LogP contribution in [0.4, 0.5) is 11.4 Å². The number of carbonyl (C=O) groups is 1. The first-order valence-electron chi connectivity index (χ1n) is 6.43. The van der Waals surface area contributed by atoms with Crippen molar-refractivity contribution in [3.63, 3.8) is 0 Å². The third-order valence-electron chi connectivity index (χ3n) is 2.75. The summed E-state index contributed by atoms with van der Waals surface area (Å²) in [6.07, 6.45) is 0.201. The summed E-state index contributed by atoms with van der Waals surface area (Å²) < 4.78 is 15.4. The second kappa shape index (κ2) is 8.39. The lowest BCUT2D eigenvalue weighted by Crippen LogP contribution is -2.28. The molecule has 1 unspecified atom stereocenters. The zero-order valence-electron chi connectivity index (χ0n) is 12.1. The van der Waals surface area contributed by atoms with E-state index in [1.165, 1.54) is 0 Å². The van der Waals surface area contributed by atoms with Gasteiger partial charge in [-0.1, -0.05) is 0 Å². The Hall–Kier alpha value is -1.79. The molecule has 0 fully saturated rings. The summed E-state index contributed by atoms with van der Waals surface area (Å²) >= 11 is 0. The highest BCUT2D eigenvalue weighted by atomic mass is 16.5. The Bertz CT molecular complexity index is 437. The van der Waals surface area contributed by atoms with Crippen molar-refractivity contribution in [3.05, 3.63) is 18.2 Å². The summed E-state index contributed by atoms with van der Waals surface area (Å²) in [4.78, 5) is 11.9. The van der Waals surface area contributed by atoms with Crippen molar-refractivity contribution in [1.82, 2.24) is 0 Å². The number of methoxy groups -OCH3 is 2. The number of nitrogen functional groups attached to an aromatic ring is 1. The molecule has 6 nitrogen and oxygen atoms in total. The zero-order valence-corrected chi connectivity index (χ0v) is 12.1. The largest absolute Gasteiger partial charge is 0.497 e. The van der Waals surface area contributed by atoms with Crippen molar-refractivity contribution in [2.45, 2.75) is 19.4 Å². The molecule has 0 aliphatic heterocycles. The number of amides is 1. The summed E-state index contributed by atoms with van der Waals surface area (Å²) in [7, 11) is 3.19. The van der Waals surface area contributed by atoms with Gasteiger partial charge in [0.15, 0.2) is 0 Å². The average molecular weight is 282 g/mol. The van der Waals surface area contributed by atoms with Crippen LogP contribution in [0.1, 0.15) is 13.3 Å². The lowest BCUT2D eigenvalue weighted by Gasteiger charge is -2.14. The molecule has 0 spiro atoms. The minimum Gasteiger partial charge on any atom is -0.497 e. The van der Waals surface area contributed by atoms with E-state index in [9.17, 15) is 4.79 Å². The maximum absolute atomic E-state index is 11.9. The SMILES string of the molecule is COCCCOC(C)C(=O)Nc1ccc(OC)cc1N. The Morgan fingerprint density at radius 2 is 2.10 bits per heavy atom. The van der Waals surface area contributed by atoms with Gasteiger partial charge in [0.05, 0.1) is 18.5 Å². The number of rotatable bonds is 8. The third kappa shape index (κ3) is 5.07. The minimum absolute atomic E-state index is 0.237. The topological polar surface area (TPSA) is 82.8 Å². The summed E-state index contributed by atoms with van der Waals surface area (Å²) in [5.74, 6) is 0.406. The fourth-order valence-corrected chi connectivity index (χ4v) is 1.56. The third-order valence-corrected chi connectivity index (χ3v) is 2.75. The highest BCUT2D eigenvalue weighted by Gasteiger charge is 2.14. The van der Waals surface area contributed by atoms with Gasteiger partial charge < -0.3 is 25.3 Å². The standard InChI is InChI=1S/C14H22N2O4/c1-10(20-8-4-7-18-2)14(17)16-13-6-5-11(19-3)9-12(13)15/h5-6,9-10H,4,7-8,15H2,1-3H3,(H,16,17). The molecular formula is C14H22N2O4. The molecule has 6 heteroatoms. The van der Waals surface area contributed by atoms with E-state index < -0.39 is 6.10 Å². The van der Waals surface area contributed by atoms with Crippen molar-refractivity contribution in [2.24, 2.45) is 0 Å². The molecule has 0 radical (unpaired) electrons. The molecule has 1 atom stereocenters. The van der Waals surface area contributed by atoms with Crippen LogP contribution in [0.15, 0.2) is 18.2 Å². The molecule has 1 amide bonds. The zero-order chi connectivity index (χ0) is 15.0. The first-order chi connectivity index (χ1) is 9.58. The van der Waals surface area contributed by atoms with Gasteiger partial charge in [0.25, 0.3) is 5.91 Å². The number of benzene rings is 1. The molecule has 0 aromatic heterocycles. The number of hydrogen-bond acceptors (Lipinski definition) is 5. The van der Waals surface area contributed by atoms with Gasteiger partial charge in [-0.05, 0) is 25.5 Å². The summed E-state index contributed by atoms with van der Waals surface area (Å²) in [6, 6.07) is 5.08. The number of ether oxygens (including phenoxy) is 3. The van der Waals surface area contributed by atoms with Gasteiger partial charge in [-0.3, -0.25) is 4.79 Å². The van der Waals surface area contributed by atoms with Crippen LogP contribution in [0, 0.1) is 0 Å². The minimum atomic E-state index is -0.548. The van der Waals surface area contributed by atoms with Gasteiger partial charge in [-0.2, -0.15) is 0 Å². The van der Waals surface area contributed by atoms with E-state index in [4.69, 9.17) is 19.9 Å². The van der Waals surface area contributed by atoms with Crippen molar-refractivity contribution in [1.29, 1.82) is 0 Å². The molecule has 3 N–H and O–H groups in total. The van der Waals surface area contributed by atoms with Gasteiger partial charge >= 0.3 is 0 Å². The van der Waals surface area contributed by atoms with Crippen LogP contribution < -0.4 is 15.8 Å². The van der Waals surface area contributed by atoms with Crippen molar-refractivity contribution in [2.75, 3.05) is 38.5 Å². The van der Waals surface area contributed by atoms with Gasteiger partial charge in [-0.25, -0.2) is 0 Å². The van der Waals surface area contributed by atoms with Crippen molar-refractivity contribution >= 4 is 17.3 Å². The van der Waals surface area contributed by atoms with E-state index in [2.05, 4.69) is 5.32 Å². The smallest absolute Gasteiger partial charge is 0.253 e. The Balaban J connectivity index is 2.48. The van der Waals surface area contributed by atoms with E-state index >= 15 is 0 Å². The Morgan fingerprint density at radius 1 is 1.35 bits per heavy atom. The van der Waals surface area contributed by atoms with Crippen LogP contribution in [0.3, 0.4) is 0 Å². The van der Waals surface area contributed by atoms with E-state index in [-0.39, 0.29) is 5.91 Å². The molecule has 0 saturated carbocycles. The van der Waals surface area contributed by atoms with E-state index in [0.717, 1.165) is 6.42 Å². The number of hydrogen-bond donors (Lipinski definition) is 2. The van der Waals surface area contributed by atoms with Crippen LogP contribution in [-0.2, 0) is 14.3 Å². The normalized spacial score (nSPS) is 11.9. The van der Waals surface area contributed by atoms with Crippen molar-refractivity contribution < 1.29 is 19.0 Å². The fourth-order valence-electron chi connectivity index (χ4n) is 1.56. The summed E-state index contributed by atoms with van der Waals surface area (Å²) in [5.41, 5.74) is 6.83. The quantitative estimate of drug-likeness (QED) is 0.559. The number of carbonyl (C=O) groups excluding carboxylic acids is 1. The molecule has 1 aromatic carbocycles. The molecule has 0 aliphatic rings. The van der Waals surface area contributed by atoms with Gasteiger partial charge in [0.1, 0.15) is 11.9 Å². The number of nitrogens with one attached hydrogen (secondary N) is 1. The van der Waals surface area contributed by atoms with E-state index in [0.29, 0.717) is 30.3 Å². The van der Waals surface area contributed by atoms with Crippen LogP contribution in [-0.4, -0.2) is 39.4 Å². The van der Waals surface area contributed by atoms with Crippen LogP contribution in [0.2, 0.25) is 0 Å². The summed E-state index contributed by atoms with van der Waals surface area (Å²) in [5, 5.41) is 2.73.